The van der Waals surface area contributed by atoms with E-state index in [1.54, 1.807) is 0 Å². The van der Waals surface area contributed by atoms with Crippen molar-refractivity contribution in [3.05, 3.63) is 234 Å². The Kier molecular flexibility index (Phi) is 8.38. The van der Waals surface area contributed by atoms with Crippen LogP contribution in [0.5, 0.6) is 0 Å². The molecule has 0 N–H and O–H groups in total. The molecule has 342 valence electrons. The minimum atomic E-state index is 0.580. The summed E-state index contributed by atoms with van der Waals surface area (Å²) in [5, 5.41) is 22.2. The molecule has 0 atom stereocenters. The average molecular weight is 933 g/mol. The second kappa shape index (κ2) is 15.2. The zero-order valence-electron chi connectivity index (χ0n) is 39.8. The lowest BCUT2D eigenvalue weighted by atomic mass is 9.99. The third-order valence-electron chi connectivity index (χ3n) is 16.1. The summed E-state index contributed by atoms with van der Waals surface area (Å²) < 4.78 is 12.5. The highest BCUT2D eigenvalue weighted by Gasteiger charge is 2.37. The van der Waals surface area contributed by atoms with Gasteiger partial charge in [0.2, 0.25) is 0 Å². The summed E-state index contributed by atoms with van der Waals surface area (Å²) in [5.74, 6) is 0. The van der Waals surface area contributed by atoms with E-state index in [9.17, 15) is 5.26 Å². The first-order valence-electron chi connectivity index (χ1n) is 25.5. The van der Waals surface area contributed by atoms with E-state index in [1.807, 2.05) is 0 Å². The predicted octanol–water partition coefficient (Wildman–Crippen LogP) is 16.7. The lowest BCUT2D eigenvalue weighted by Gasteiger charge is -2.30. The molecule has 2 aliphatic carbocycles. The van der Waals surface area contributed by atoms with Gasteiger partial charge in [-0.1, -0.05) is 158 Å². The molecule has 14 aromatic rings. The summed E-state index contributed by atoms with van der Waals surface area (Å²) in [6.45, 7) is 0. The Hall–Kier alpha value is -9.57. The molecule has 0 aliphatic heterocycles. The van der Waals surface area contributed by atoms with Crippen LogP contribution in [0.25, 0.3) is 128 Å². The van der Waals surface area contributed by atoms with Crippen LogP contribution in [0, 0.1) is 11.3 Å². The van der Waals surface area contributed by atoms with Crippen LogP contribution in [0.3, 0.4) is 0 Å². The Morgan fingerprint density at radius 1 is 0.288 bits per heavy atom. The molecule has 0 amide bonds. The van der Waals surface area contributed by atoms with Crippen LogP contribution in [0.1, 0.15) is 40.9 Å². The smallest absolute Gasteiger partial charge is 0.105 e. The molecule has 6 nitrogen and oxygen atoms in total. The molecular weight excluding hydrogens is 889 g/mol. The van der Waals surface area contributed by atoms with Crippen molar-refractivity contribution in [2.24, 2.45) is 0 Å². The van der Waals surface area contributed by atoms with Crippen LogP contribution >= 0.6 is 0 Å². The van der Waals surface area contributed by atoms with Gasteiger partial charge < -0.3 is 22.8 Å². The monoisotopic (exact) mass is 932 g/mol. The maximum Gasteiger partial charge on any atom is 0.105 e. The van der Waals surface area contributed by atoms with Gasteiger partial charge in [0.25, 0.3) is 0 Å². The lowest BCUT2D eigenvalue weighted by molar-refractivity contribution is 0.927. The number of aromatic nitrogens is 5. The number of nitrogens with zero attached hydrogens (tertiary/aromatic N) is 6. The minimum absolute atomic E-state index is 0.580. The number of rotatable bonds is 5. The fourth-order valence-corrected chi connectivity index (χ4v) is 13.2. The Labute approximate surface area is 420 Å². The van der Waals surface area contributed by atoms with Crippen molar-refractivity contribution < 1.29 is 0 Å². The first kappa shape index (κ1) is 40.2. The summed E-state index contributed by atoms with van der Waals surface area (Å²) in [4.78, 5) is 0. The third kappa shape index (κ3) is 5.35. The van der Waals surface area contributed by atoms with Crippen molar-refractivity contribution in [3.63, 3.8) is 0 Å². The third-order valence-corrected chi connectivity index (χ3v) is 16.1. The van der Waals surface area contributed by atoms with Crippen LogP contribution < -0.4 is 0 Å². The molecule has 9 aromatic carbocycles. The van der Waals surface area contributed by atoms with E-state index in [0.29, 0.717) is 5.56 Å². The number of para-hydroxylation sites is 8. The van der Waals surface area contributed by atoms with Crippen LogP contribution in [-0.2, 0) is 12.8 Å². The molecule has 0 radical (unpaired) electrons. The van der Waals surface area contributed by atoms with E-state index < -0.39 is 0 Å². The summed E-state index contributed by atoms with van der Waals surface area (Å²) in [6.07, 6.45) is 13.0. The first-order chi connectivity index (χ1) is 36.3. The van der Waals surface area contributed by atoms with Gasteiger partial charge in [-0.05, 0) is 97.5 Å². The number of aryl methyl sites for hydroxylation is 2. The van der Waals surface area contributed by atoms with Crippen molar-refractivity contribution in [2.45, 2.75) is 25.7 Å². The topological polar surface area (TPSA) is 48.4 Å². The summed E-state index contributed by atoms with van der Waals surface area (Å²) in [6, 6.07) is 73.8. The van der Waals surface area contributed by atoms with Crippen molar-refractivity contribution in [2.75, 3.05) is 0 Å². The average Bonchev–Trinajstić information content (AvgIpc) is 4.25. The lowest BCUT2D eigenvalue weighted by Crippen LogP contribution is -2.20. The molecular formula is C67H44N6. The number of fused-ring (bicyclic) bond motifs is 15. The van der Waals surface area contributed by atoms with Crippen LogP contribution in [-0.4, -0.2) is 22.8 Å². The number of allylic oxidation sites excluding steroid dienone is 2. The van der Waals surface area contributed by atoms with E-state index in [-0.39, 0.29) is 0 Å². The van der Waals surface area contributed by atoms with Gasteiger partial charge >= 0.3 is 0 Å². The van der Waals surface area contributed by atoms with E-state index in [0.717, 1.165) is 142 Å². The highest BCUT2D eigenvalue weighted by molar-refractivity contribution is 6.15. The van der Waals surface area contributed by atoms with Gasteiger partial charge in [0.1, 0.15) is 11.6 Å². The van der Waals surface area contributed by atoms with Gasteiger partial charge in [0.05, 0.1) is 72.6 Å². The standard InChI is InChI=1S/C67H44N6/c68-41-52-63(69-53-31-11-1-21-42(53)43-22-2-12-32-54(43)69)65(71-57-35-15-5-25-46(57)47-26-6-16-36-58(47)71)67(73-61-39-19-9-29-50(61)51-30-10-20-40-62(51)73)66(72-59-37-17-7-27-48(59)49-28-8-18-38-60(49)72)64(52)70-55-33-13-3-23-44(55)45-24-4-14-34-56(45)70/h1-3,5-7,9-23,25-27,29-40H,4,8,24,28H2. The summed E-state index contributed by atoms with van der Waals surface area (Å²) in [7, 11) is 0. The Morgan fingerprint density at radius 2 is 0.534 bits per heavy atom. The Balaban J connectivity index is 1.30. The molecule has 0 bridgehead atoms. The quantitative estimate of drug-likeness (QED) is 0.170. The number of nitriles is 1. The van der Waals surface area contributed by atoms with Gasteiger partial charge in [-0.15, -0.1) is 0 Å². The maximum atomic E-state index is 12.9. The fraction of sp³-hybridized carbons (Fsp3) is 0.0597. The van der Waals surface area contributed by atoms with E-state index >= 15 is 0 Å². The minimum Gasteiger partial charge on any atom is -0.306 e. The SMILES string of the molecule is N#Cc1c(-n2c3c(c4ccccc42)CCC=C3)c(-n2c3c(c4ccccc42)CCC=C3)c(-n2c3ccccc3c3ccccc32)c(-n2c3ccccc3c3ccccc32)c1-n1c2ccccc2c2ccccc21. The number of hydrogen-bond donors (Lipinski definition) is 0. The van der Waals surface area contributed by atoms with Crippen molar-refractivity contribution in [1.29, 1.82) is 5.26 Å². The van der Waals surface area contributed by atoms with Gasteiger partial charge in [-0.3, -0.25) is 0 Å². The van der Waals surface area contributed by atoms with Crippen LogP contribution in [0.2, 0.25) is 0 Å². The zero-order valence-corrected chi connectivity index (χ0v) is 39.8. The summed E-state index contributed by atoms with van der Waals surface area (Å²) in [5.41, 5.74) is 18.4. The van der Waals surface area contributed by atoms with Crippen LogP contribution in [0.4, 0.5) is 0 Å². The molecule has 73 heavy (non-hydrogen) atoms. The van der Waals surface area contributed by atoms with Crippen LogP contribution in [0.15, 0.2) is 206 Å². The summed E-state index contributed by atoms with van der Waals surface area (Å²) >= 11 is 0. The van der Waals surface area contributed by atoms with E-state index in [2.05, 4.69) is 247 Å². The molecule has 0 fully saturated rings. The van der Waals surface area contributed by atoms with Gasteiger partial charge in [0.15, 0.2) is 0 Å². The van der Waals surface area contributed by atoms with E-state index in [1.165, 1.54) is 21.9 Å². The first-order valence-corrected chi connectivity index (χ1v) is 25.5. The molecule has 0 spiro atoms. The fourth-order valence-electron chi connectivity index (χ4n) is 13.2. The zero-order chi connectivity index (χ0) is 47.9. The second-order valence-electron chi connectivity index (χ2n) is 19.7. The van der Waals surface area contributed by atoms with Gasteiger partial charge in [0, 0.05) is 54.5 Å². The second-order valence-corrected chi connectivity index (χ2v) is 19.7. The molecule has 5 aromatic heterocycles. The molecule has 0 saturated carbocycles. The molecule has 5 heterocycles. The van der Waals surface area contributed by atoms with E-state index in [4.69, 9.17) is 0 Å². The largest absolute Gasteiger partial charge is 0.306 e. The van der Waals surface area contributed by atoms with Crippen molar-refractivity contribution in [1.82, 2.24) is 22.8 Å². The molecule has 6 heteroatoms. The predicted molar refractivity (Wildman–Crippen MR) is 303 cm³/mol. The molecule has 0 saturated heterocycles. The highest BCUT2D eigenvalue weighted by atomic mass is 15.2. The number of benzene rings is 9. The van der Waals surface area contributed by atoms with Gasteiger partial charge in [-0.25, -0.2) is 0 Å². The van der Waals surface area contributed by atoms with Crippen molar-refractivity contribution in [3.8, 4) is 34.5 Å². The van der Waals surface area contributed by atoms with Crippen molar-refractivity contribution >= 4 is 99.4 Å². The Bertz CT molecular complexity index is 4660. The molecule has 0 unspecified atom stereocenters. The normalized spacial score (nSPS) is 13.4. The number of hydrogen-bond acceptors (Lipinski definition) is 1. The molecule has 16 rings (SSSR count). The van der Waals surface area contributed by atoms with Gasteiger partial charge in [-0.2, -0.15) is 5.26 Å². The Morgan fingerprint density at radius 3 is 0.877 bits per heavy atom. The molecule has 2 aliphatic rings. The maximum absolute atomic E-state index is 12.9. The highest BCUT2D eigenvalue weighted by Crippen LogP contribution is 2.52.